The van der Waals surface area contributed by atoms with Crippen molar-refractivity contribution in [3.8, 4) is 0 Å². The van der Waals surface area contributed by atoms with Gasteiger partial charge in [0.05, 0.1) is 31.8 Å². The number of ether oxygens (including phenoxy) is 1. The van der Waals surface area contributed by atoms with Crippen LogP contribution in [0.1, 0.15) is 23.0 Å². The van der Waals surface area contributed by atoms with E-state index >= 15 is 0 Å². The SMILES string of the molecule is CCOC(=O)c1[nH]c2ccc(N(C)C)cc2c(=O)c1C[NH+](C)C. The number of benzene rings is 1. The summed E-state index contributed by atoms with van der Waals surface area (Å²) in [6.45, 7) is 2.47. The fourth-order valence-electron chi connectivity index (χ4n) is 2.49. The minimum absolute atomic E-state index is 0.119. The molecule has 0 fully saturated rings. The summed E-state index contributed by atoms with van der Waals surface area (Å²) >= 11 is 0. The average Bonchev–Trinajstić information content (AvgIpc) is 2.49. The molecule has 1 heterocycles. The molecule has 1 aromatic carbocycles. The highest BCUT2D eigenvalue weighted by Gasteiger charge is 2.21. The molecule has 23 heavy (non-hydrogen) atoms. The first-order chi connectivity index (χ1) is 10.8. The van der Waals surface area contributed by atoms with Gasteiger partial charge in [0, 0.05) is 25.2 Å². The molecule has 2 aromatic rings. The van der Waals surface area contributed by atoms with E-state index in [4.69, 9.17) is 4.74 Å². The Morgan fingerprint density at radius 2 is 2.00 bits per heavy atom. The van der Waals surface area contributed by atoms with Crippen molar-refractivity contribution in [2.75, 3.05) is 39.7 Å². The third-order valence-corrected chi connectivity index (χ3v) is 3.61. The predicted molar refractivity (Wildman–Crippen MR) is 91.4 cm³/mol. The number of carbonyl (C=O) groups excluding carboxylic acids is 1. The number of rotatable bonds is 5. The van der Waals surface area contributed by atoms with E-state index in [1.165, 1.54) is 0 Å². The van der Waals surface area contributed by atoms with Gasteiger partial charge in [0.2, 0.25) is 0 Å². The number of pyridine rings is 1. The van der Waals surface area contributed by atoms with Gasteiger partial charge in [-0.25, -0.2) is 4.79 Å². The van der Waals surface area contributed by atoms with E-state index in [0.29, 0.717) is 23.0 Å². The molecule has 0 saturated heterocycles. The monoisotopic (exact) mass is 318 g/mol. The first-order valence-electron chi connectivity index (χ1n) is 7.67. The van der Waals surface area contributed by atoms with Gasteiger partial charge in [-0.3, -0.25) is 4.79 Å². The van der Waals surface area contributed by atoms with E-state index < -0.39 is 5.97 Å². The van der Waals surface area contributed by atoms with Gasteiger partial charge in [-0.1, -0.05) is 0 Å². The van der Waals surface area contributed by atoms with Gasteiger partial charge in [0.15, 0.2) is 5.43 Å². The largest absolute Gasteiger partial charge is 0.461 e. The minimum Gasteiger partial charge on any atom is -0.461 e. The molecule has 6 heteroatoms. The third-order valence-electron chi connectivity index (χ3n) is 3.61. The number of quaternary nitrogens is 1. The molecule has 0 aliphatic heterocycles. The van der Waals surface area contributed by atoms with Crippen LogP contribution in [0.4, 0.5) is 5.69 Å². The zero-order chi connectivity index (χ0) is 17.1. The maximum absolute atomic E-state index is 12.9. The van der Waals surface area contributed by atoms with Crippen molar-refractivity contribution in [2.45, 2.75) is 13.5 Å². The molecule has 0 unspecified atom stereocenters. The van der Waals surface area contributed by atoms with Gasteiger partial charge >= 0.3 is 5.97 Å². The number of nitrogens with zero attached hydrogens (tertiary/aromatic N) is 1. The number of fused-ring (bicyclic) bond motifs is 1. The zero-order valence-electron chi connectivity index (χ0n) is 14.3. The molecule has 0 aliphatic rings. The summed E-state index contributed by atoms with van der Waals surface area (Å²) in [7, 11) is 7.73. The number of nitrogens with one attached hydrogen (secondary N) is 2. The maximum Gasteiger partial charge on any atom is 0.355 e. The Balaban J connectivity index is 2.72. The number of anilines is 1. The summed E-state index contributed by atoms with van der Waals surface area (Å²) in [5, 5.41) is 0.584. The number of hydrogen-bond acceptors (Lipinski definition) is 4. The first kappa shape index (κ1) is 17.0. The quantitative estimate of drug-likeness (QED) is 0.784. The molecule has 0 atom stereocenters. The molecule has 1 aromatic heterocycles. The first-order valence-corrected chi connectivity index (χ1v) is 7.67. The molecule has 124 valence electrons. The molecule has 0 radical (unpaired) electrons. The van der Waals surface area contributed by atoms with Crippen LogP contribution in [-0.4, -0.2) is 45.8 Å². The minimum atomic E-state index is -0.487. The lowest BCUT2D eigenvalue weighted by Crippen LogP contribution is -3.04. The maximum atomic E-state index is 12.9. The van der Waals surface area contributed by atoms with E-state index in [-0.39, 0.29) is 17.7 Å². The highest BCUT2D eigenvalue weighted by Crippen LogP contribution is 2.19. The molecular formula is C17H24N3O3+. The number of aromatic amines is 1. The van der Waals surface area contributed by atoms with Crippen molar-refractivity contribution >= 4 is 22.6 Å². The Kier molecular flexibility index (Phi) is 5.05. The summed E-state index contributed by atoms with van der Waals surface area (Å²) in [6, 6.07) is 5.57. The Bertz CT molecular complexity index is 778. The fraction of sp³-hybridized carbons (Fsp3) is 0.412. The van der Waals surface area contributed by atoms with Crippen molar-refractivity contribution in [1.29, 1.82) is 0 Å². The van der Waals surface area contributed by atoms with Gasteiger partial charge in [-0.15, -0.1) is 0 Å². The molecule has 0 aliphatic carbocycles. The average molecular weight is 318 g/mol. The number of aromatic nitrogens is 1. The standard InChI is InChI=1S/C17H23N3O3/c1-6-23-17(22)15-13(10-19(2)3)16(21)12-9-11(20(4)5)7-8-14(12)18-15/h7-9H,6,10H2,1-5H3,(H,18,21)/p+1. The van der Waals surface area contributed by atoms with Crippen molar-refractivity contribution in [1.82, 2.24) is 4.98 Å². The second-order valence-electron chi connectivity index (χ2n) is 6.04. The van der Waals surface area contributed by atoms with E-state index in [1.807, 2.05) is 51.3 Å². The third kappa shape index (κ3) is 3.53. The van der Waals surface area contributed by atoms with Crippen molar-refractivity contribution in [3.05, 3.63) is 39.7 Å². The summed E-state index contributed by atoms with van der Waals surface area (Å²) in [4.78, 5) is 31.2. The highest BCUT2D eigenvalue weighted by atomic mass is 16.5. The molecule has 6 nitrogen and oxygen atoms in total. The Morgan fingerprint density at radius 1 is 1.30 bits per heavy atom. The van der Waals surface area contributed by atoms with Crippen LogP contribution in [0.25, 0.3) is 10.9 Å². The smallest absolute Gasteiger partial charge is 0.355 e. The Morgan fingerprint density at radius 3 is 2.57 bits per heavy atom. The normalized spacial score (nSPS) is 11.0. The number of H-pyrrole nitrogens is 1. The van der Waals surface area contributed by atoms with Crippen molar-refractivity contribution in [3.63, 3.8) is 0 Å². The Hall–Kier alpha value is -2.34. The lowest BCUT2D eigenvalue weighted by atomic mass is 10.1. The van der Waals surface area contributed by atoms with Crippen LogP contribution in [0.15, 0.2) is 23.0 Å². The summed E-state index contributed by atoms with van der Waals surface area (Å²) in [5.41, 5.74) is 2.18. The molecule has 0 bridgehead atoms. The van der Waals surface area contributed by atoms with Gasteiger partial charge in [0.25, 0.3) is 0 Å². The van der Waals surface area contributed by atoms with Crippen LogP contribution < -0.4 is 15.2 Å². The number of carbonyl (C=O) groups is 1. The molecular weight excluding hydrogens is 294 g/mol. The summed E-state index contributed by atoms with van der Waals surface area (Å²) in [5.74, 6) is -0.487. The highest BCUT2D eigenvalue weighted by molar-refractivity contribution is 5.93. The lowest BCUT2D eigenvalue weighted by molar-refractivity contribution is -0.872. The predicted octanol–water partition coefficient (Wildman–Crippen LogP) is 0.415. The van der Waals surface area contributed by atoms with Gasteiger partial charge in [-0.2, -0.15) is 0 Å². The molecule has 2 rings (SSSR count). The Labute approximate surface area is 135 Å². The van der Waals surface area contributed by atoms with E-state index in [1.54, 1.807) is 6.92 Å². The lowest BCUT2D eigenvalue weighted by Gasteiger charge is -2.15. The second-order valence-corrected chi connectivity index (χ2v) is 6.04. The van der Waals surface area contributed by atoms with Crippen LogP contribution in [0.5, 0.6) is 0 Å². The van der Waals surface area contributed by atoms with Crippen LogP contribution in [-0.2, 0) is 11.3 Å². The molecule has 0 amide bonds. The van der Waals surface area contributed by atoms with E-state index in [2.05, 4.69) is 4.98 Å². The van der Waals surface area contributed by atoms with Gasteiger partial charge in [-0.05, 0) is 25.1 Å². The van der Waals surface area contributed by atoms with Crippen LogP contribution in [0, 0.1) is 0 Å². The molecule has 0 spiro atoms. The summed E-state index contributed by atoms with van der Waals surface area (Å²) < 4.78 is 5.09. The van der Waals surface area contributed by atoms with Crippen molar-refractivity contribution < 1.29 is 14.4 Å². The van der Waals surface area contributed by atoms with Crippen LogP contribution in [0.3, 0.4) is 0 Å². The zero-order valence-corrected chi connectivity index (χ0v) is 14.3. The topological polar surface area (TPSA) is 66.8 Å². The van der Waals surface area contributed by atoms with Crippen molar-refractivity contribution in [2.24, 2.45) is 0 Å². The number of hydrogen-bond donors (Lipinski definition) is 2. The van der Waals surface area contributed by atoms with E-state index in [9.17, 15) is 9.59 Å². The van der Waals surface area contributed by atoms with Gasteiger partial charge in [0.1, 0.15) is 12.2 Å². The summed E-state index contributed by atoms with van der Waals surface area (Å²) in [6.07, 6.45) is 0. The number of esters is 1. The van der Waals surface area contributed by atoms with Gasteiger partial charge < -0.3 is 19.5 Å². The van der Waals surface area contributed by atoms with E-state index in [0.717, 1.165) is 10.6 Å². The van der Waals surface area contributed by atoms with Crippen LogP contribution >= 0.6 is 0 Å². The fourth-order valence-corrected chi connectivity index (χ4v) is 2.49. The second kappa shape index (κ2) is 6.83. The molecule has 2 N–H and O–H groups in total. The van der Waals surface area contributed by atoms with Crippen LogP contribution in [0.2, 0.25) is 0 Å². The molecule has 0 saturated carbocycles.